The SMILES string of the molecule is CC1c2ccccc2CN1C(=O)N(S)c1c(-c2ccccc2P)ccnc1N1CCC(C)(F)C1. The highest BCUT2D eigenvalue weighted by Crippen LogP contribution is 2.43. The van der Waals surface area contributed by atoms with Gasteiger partial charge < -0.3 is 9.80 Å². The Morgan fingerprint density at radius 2 is 1.91 bits per heavy atom. The van der Waals surface area contributed by atoms with Gasteiger partial charge >= 0.3 is 6.03 Å². The zero-order valence-corrected chi connectivity index (χ0v) is 21.3. The number of pyridine rings is 1. The van der Waals surface area contributed by atoms with E-state index in [1.807, 2.05) is 59.2 Å². The lowest BCUT2D eigenvalue weighted by atomic mass is 10.0. The molecule has 0 aliphatic carbocycles. The van der Waals surface area contributed by atoms with E-state index in [9.17, 15) is 9.18 Å². The summed E-state index contributed by atoms with van der Waals surface area (Å²) in [5.74, 6) is 0.569. The van der Waals surface area contributed by atoms with Crippen molar-refractivity contribution < 1.29 is 9.18 Å². The zero-order chi connectivity index (χ0) is 24.0. The second-order valence-corrected chi connectivity index (χ2v) is 10.3. The molecule has 2 aliphatic rings. The summed E-state index contributed by atoms with van der Waals surface area (Å²) in [6, 6.07) is 17.6. The summed E-state index contributed by atoms with van der Waals surface area (Å²) >= 11 is 4.74. The molecule has 0 bridgehead atoms. The number of hydrogen-bond donors (Lipinski definition) is 1. The molecule has 1 aromatic heterocycles. The molecule has 176 valence electrons. The number of carbonyl (C=O) groups excluding carboxylic acids is 1. The first-order valence-corrected chi connectivity index (χ1v) is 12.4. The Morgan fingerprint density at radius 3 is 2.62 bits per heavy atom. The van der Waals surface area contributed by atoms with Gasteiger partial charge in [0.1, 0.15) is 11.4 Å². The number of hydrogen-bond acceptors (Lipinski definition) is 4. The molecule has 0 N–H and O–H groups in total. The smallest absolute Gasteiger partial charge is 0.335 e. The van der Waals surface area contributed by atoms with Crippen molar-refractivity contribution in [2.45, 2.75) is 38.5 Å². The molecule has 3 atom stereocenters. The molecule has 34 heavy (non-hydrogen) atoms. The Balaban J connectivity index is 1.59. The van der Waals surface area contributed by atoms with Crippen LogP contribution in [-0.4, -0.2) is 34.7 Å². The van der Waals surface area contributed by atoms with Gasteiger partial charge in [0, 0.05) is 31.3 Å². The molecule has 5 rings (SSSR count). The standard InChI is InChI=1S/C26H28FN4OPS/c1-17-19-8-4-3-7-18(19)15-30(17)25(32)31(34)23-21(20-9-5-6-10-22(20)33)11-13-28-24(23)29-14-12-26(2,27)16-29/h3-11,13,17,34H,12,14-16,33H2,1-2H3. The highest BCUT2D eigenvalue weighted by molar-refractivity contribution is 7.82. The maximum Gasteiger partial charge on any atom is 0.335 e. The van der Waals surface area contributed by atoms with E-state index in [-0.39, 0.29) is 18.6 Å². The number of alkyl halides is 1. The number of benzene rings is 2. The van der Waals surface area contributed by atoms with Gasteiger partial charge in [0.05, 0.1) is 12.6 Å². The maximum absolute atomic E-state index is 14.8. The van der Waals surface area contributed by atoms with Gasteiger partial charge in [-0.3, -0.25) is 0 Å². The highest BCUT2D eigenvalue weighted by Gasteiger charge is 2.38. The van der Waals surface area contributed by atoms with E-state index >= 15 is 0 Å². The number of thiol groups is 1. The molecule has 1 saturated heterocycles. The number of amides is 2. The topological polar surface area (TPSA) is 39.7 Å². The molecule has 0 spiro atoms. The van der Waals surface area contributed by atoms with Gasteiger partial charge in [-0.05, 0) is 41.9 Å². The molecule has 3 heterocycles. The van der Waals surface area contributed by atoms with Crippen molar-refractivity contribution in [2.75, 3.05) is 22.3 Å². The van der Waals surface area contributed by atoms with Crippen LogP contribution >= 0.6 is 22.1 Å². The molecule has 0 radical (unpaired) electrons. The van der Waals surface area contributed by atoms with E-state index in [4.69, 9.17) is 12.8 Å². The lowest BCUT2D eigenvalue weighted by Gasteiger charge is -2.31. The third kappa shape index (κ3) is 4.05. The molecule has 3 aromatic rings. The third-order valence-corrected chi connectivity index (χ3v) is 7.71. The van der Waals surface area contributed by atoms with Crippen molar-refractivity contribution in [2.24, 2.45) is 0 Å². The predicted molar refractivity (Wildman–Crippen MR) is 143 cm³/mol. The Labute approximate surface area is 207 Å². The van der Waals surface area contributed by atoms with Gasteiger partial charge in [0.15, 0.2) is 5.82 Å². The second kappa shape index (κ2) is 8.86. The van der Waals surface area contributed by atoms with E-state index in [2.05, 4.69) is 26.4 Å². The summed E-state index contributed by atoms with van der Waals surface area (Å²) in [4.78, 5) is 22.2. The molecule has 2 amide bonds. The quantitative estimate of drug-likeness (QED) is 0.384. The molecular weight excluding hydrogens is 466 g/mol. The van der Waals surface area contributed by atoms with Crippen molar-refractivity contribution in [3.8, 4) is 11.1 Å². The fourth-order valence-electron chi connectivity index (χ4n) is 4.97. The highest BCUT2D eigenvalue weighted by atomic mass is 32.1. The van der Waals surface area contributed by atoms with Crippen molar-refractivity contribution in [3.05, 3.63) is 71.9 Å². The first kappa shape index (κ1) is 23.1. The Morgan fingerprint density at radius 1 is 1.18 bits per heavy atom. The van der Waals surface area contributed by atoms with Crippen molar-refractivity contribution >= 4 is 44.9 Å². The van der Waals surface area contributed by atoms with E-state index in [1.165, 1.54) is 4.31 Å². The number of urea groups is 1. The van der Waals surface area contributed by atoms with Crippen LogP contribution in [0.25, 0.3) is 11.1 Å². The van der Waals surface area contributed by atoms with E-state index in [0.717, 1.165) is 27.6 Å². The largest absolute Gasteiger partial charge is 0.352 e. The van der Waals surface area contributed by atoms with Crippen LogP contribution in [0.4, 0.5) is 20.7 Å². The lowest BCUT2D eigenvalue weighted by Crippen LogP contribution is -2.38. The van der Waals surface area contributed by atoms with Gasteiger partial charge in [-0.15, -0.1) is 9.24 Å². The minimum Gasteiger partial charge on any atom is -0.352 e. The van der Waals surface area contributed by atoms with Gasteiger partial charge in [-0.2, -0.15) is 0 Å². The van der Waals surface area contributed by atoms with Crippen LogP contribution < -0.4 is 14.5 Å². The van der Waals surface area contributed by atoms with E-state index < -0.39 is 5.67 Å². The molecular formula is C26H28FN4OPS. The number of halogens is 1. The molecule has 8 heteroatoms. The van der Waals surface area contributed by atoms with Crippen LogP contribution in [-0.2, 0) is 6.54 Å². The number of fused-ring (bicyclic) bond motifs is 1. The Hall–Kier alpha value is -2.63. The number of nitrogens with zero attached hydrogens (tertiary/aromatic N) is 4. The number of rotatable bonds is 3. The summed E-state index contributed by atoms with van der Waals surface area (Å²) in [5, 5.41) is 0.994. The van der Waals surface area contributed by atoms with Gasteiger partial charge in [0.25, 0.3) is 0 Å². The average Bonchev–Trinajstić information content (AvgIpc) is 3.37. The fourth-order valence-corrected chi connectivity index (χ4v) is 5.65. The maximum atomic E-state index is 14.8. The van der Waals surface area contributed by atoms with E-state index in [0.29, 0.717) is 31.0 Å². The minimum atomic E-state index is -1.30. The van der Waals surface area contributed by atoms with Crippen LogP contribution in [0.5, 0.6) is 0 Å². The molecule has 3 unspecified atom stereocenters. The number of aromatic nitrogens is 1. The van der Waals surface area contributed by atoms with Crippen molar-refractivity contribution in [3.63, 3.8) is 0 Å². The van der Waals surface area contributed by atoms with Crippen LogP contribution in [0.1, 0.15) is 37.4 Å². The summed E-state index contributed by atoms with van der Waals surface area (Å²) < 4.78 is 16.2. The van der Waals surface area contributed by atoms with Crippen molar-refractivity contribution in [1.82, 2.24) is 9.88 Å². The van der Waals surface area contributed by atoms with Gasteiger partial charge in [0.2, 0.25) is 0 Å². The molecule has 2 aromatic carbocycles. The fraction of sp³-hybridized carbons (Fsp3) is 0.308. The van der Waals surface area contributed by atoms with Crippen LogP contribution in [0, 0.1) is 0 Å². The summed E-state index contributed by atoms with van der Waals surface area (Å²) in [6.45, 7) is 4.91. The third-order valence-electron chi connectivity index (χ3n) is 6.83. The summed E-state index contributed by atoms with van der Waals surface area (Å²) in [6.07, 6.45) is 2.14. The predicted octanol–water partition coefficient (Wildman–Crippen LogP) is 5.54. The molecule has 2 aliphatic heterocycles. The van der Waals surface area contributed by atoms with Crippen molar-refractivity contribution in [1.29, 1.82) is 0 Å². The second-order valence-electron chi connectivity index (χ2n) is 9.30. The molecule has 1 fully saturated rings. The first-order chi connectivity index (χ1) is 16.3. The summed E-state index contributed by atoms with van der Waals surface area (Å²) in [5.41, 5.74) is 3.34. The number of anilines is 2. The minimum absolute atomic E-state index is 0.0724. The molecule has 5 nitrogen and oxygen atoms in total. The Kier molecular flexibility index (Phi) is 6.03. The monoisotopic (exact) mass is 494 g/mol. The number of carbonyl (C=O) groups is 1. The lowest BCUT2D eigenvalue weighted by molar-refractivity contribution is 0.196. The zero-order valence-electron chi connectivity index (χ0n) is 19.3. The van der Waals surface area contributed by atoms with Gasteiger partial charge in [-0.25, -0.2) is 18.5 Å². The average molecular weight is 495 g/mol. The Bertz CT molecular complexity index is 1250. The van der Waals surface area contributed by atoms with Crippen LogP contribution in [0.2, 0.25) is 0 Å². The normalized spacial score (nSPS) is 21.6. The van der Waals surface area contributed by atoms with E-state index in [1.54, 1.807) is 13.1 Å². The summed E-state index contributed by atoms with van der Waals surface area (Å²) in [7, 11) is 2.75. The van der Waals surface area contributed by atoms with Crippen LogP contribution in [0.15, 0.2) is 60.8 Å². The molecule has 0 saturated carbocycles. The first-order valence-electron chi connectivity index (χ1n) is 11.4. The van der Waals surface area contributed by atoms with Crippen LogP contribution in [0.3, 0.4) is 0 Å². The van der Waals surface area contributed by atoms with Gasteiger partial charge in [-0.1, -0.05) is 61.3 Å².